The molecule has 0 aromatic heterocycles. The maximum Gasteiger partial charge on any atom is 0.317 e. The van der Waals surface area contributed by atoms with Crippen molar-refractivity contribution in [3.63, 3.8) is 0 Å². The number of primary sulfonamides is 1. The topological polar surface area (TPSA) is 101 Å². The van der Waals surface area contributed by atoms with Gasteiger partial charge in [-0.15, -0.1) is 0 Å². The highest BCUT2D eigenvalue weighted by Gasteiger charge is 2.07. The minimum atomic E-state index is -3.49. The number of sulfonamides is 1. The lowest BCUT2D eigenvalue weighted by atomic mass is 10.5. The van der Waals surface area contributed by atoms with Gasteiger partial charge in [0.05, 0.1) is 12.3 Å². The first-order chi connectivity index (χ1) is 5.31. The third-order valence-corrected chi connectivity index (χ3v) is 1.91. The minimum Gasteiger partial charge on any atom is -0.480 e. The average molecular weight is 196 g/mol. The van der Waals surface area contributed by atoms with E-state index in [0.29, 0.717) is 0 Å². The highest BCUT2D eigenvalue weighted by atomic mass is 32.2. The van der Waals surface area contributed by atoms with Gasteiger partial charge in [0.25, 0.3) is 0 Å². The van der Waals surface area contributed by atoms with Gasteiger partial charge >= 0.3 is 5.97 Å². The lowest BCUT2D eigenvalue weighted by Crippen LogP contribution is -2.32. The van der Waals surface area contributed by atoms with E-state index in [1.807, 2.05) is 0 Å². The van der Waals surface area contributed by atoms with Gasteiger partial charge in [-0.3, -0.25) is 9.69 Å². The first-order valence-corrected chi connectivity index (χ1v) is 4.93. The second-order valence-corrected chi connectivity index (χ2v) is 4.23. The van der Waals surface area contributed by atoms with Crippen LogP contribution in [0.1, 0.15) is 0 Å². The summed E-state index contributed by atoms with van der Waals surface area (Å²) >= 11 is 0. The molecule has 0 fully saturated rings. The molecule has 0 aromatic rings. The van der Waals surface area contributed by atoms with Gasteiger partial charge in [0, 0.05) is 6.54 Å². The van der Waals surface area contributed by atoms with Gasteiger partial charge in [-0.05, 0) is 7.05 Å². The van der Waals surface area contributed by atoms with Crippen molar-refractivity contribution in [1.29, 1.82) is 0 Å². The number of hydrogen-bond donors (Lipinski definition) is 2. The molecule has 12 heavy (non-hydrogen) atoms. The molecule has 0 aliphatic carbocycles. The van der Waals surface area contributed by atoms with E-state index in [1.54, 1.807) is 0 Å². The molecule has 0 atom stereocenters. The zero-order valence-corrected chi connectivity index (χ0v) is 7.54. The van der Waals surface area contributed by atoms with E-state index in [4.69, 9.17) is 10.2 Å². The molecule has 0 bridgehead atoms. The first-order valence-electron chi connectivity index (χ1n) is 3.22. The molecule has 3 N–H and O–H groups in total. The van der Waals surface area contributed by atoms with Crippen molar-refractivity contribution in [3.05, 3.63) is 0 Å². The van der Waals surface area contributed by atoms with Crippen LogP contribution in [0.25, 0.3) is 0 Å². The highest BCUT2D eigenvalue weighted by molar-refractivity contribution is 7.89. The van der Waals surface area contributed by atoms with Crippen molar-refractivity contribution in [2.24, 2.45) is 5.14 Å². The molecule has 72 valence electrons. The van der Waals surface area contributed by atoms with Crippen molar-refractivity contribution >= 4 is 16.0 Å². The van der Waals surface area contributed by atoms with Crippen LogP contribution >= 0.6 is 0 Å². The largest absolute Gasteiger partial charge is 0.480 e. The van der Waals surface area contributed by atoms with Crippen LogP contribution in [0.4, 0.5) is 0 Å². The Bertz CT molecular complexity index is 248. The van der Waals surface area contributed by atoms with E-state index in [9.17, 15) is 13.2 Å². The molecule has 0 amide bonds. The summed E-state index contributed by atoms with van der Waals surface area (Å²) in [7, 11) is -1.98. The average Bonchev–Trinajstić information content (AvgIpc) is 1.80. The summed E-state index contributed by atoms with van der Waals surface area (Å²) in [5, 5.41) is 13.0. The Hall–Kier alpha value is -0.660. The molecular weight excluding hydrogens is 184 g/mol. The number of likely N-dealkylation sites (N-methyl/N-ethyl adjacent to an activating group) is 1. The van der Waals surface area contributed by atoms with E-state index in [1.165, 1.54) is 11.9 Å². The third kappa shape index (κ3) is 7.45. The van der Waals surface area contributed by atoms with E-state index in [0.717, 1.165) is 0 Å². The first kappa shape index (κ1) is 11.3. The van der Waals surface area contributed by atoms with Gasteiger partial charge in [0.2, 0.25) is 10.0 Å². The van der Waals surface area contributed by atoms with Crippen LogP contribution in [0.5, 0.6) is 0 Å². The fraction of sp³-hybridized carbons (Fsp3) is 0.800. The quantitative estimate of drug-likeness (QED) is 0.545. The van der Waals surface area contributed by atoms with Gasteiger partial charge in [0.15, 0.2) is 0 Å². The fourth-order valence-corrected chi connectivity index (χ4v) is 1.16. The zero-order chi connectivity index (χ0) is 9.78. The van der Waals surface area contributed by atoms with Crippen molar-refractivity contribution < 1.29 is 18.3 Å². The second-order valence-electron chi connectivity index (χ2n) is 2.50. The Morgan fingerprint density at radius 1 is 1.58 bits per heavy atom. The van der Waals surface area contributed by atoms with Crippen molar-refractivity contribution in [2.75, 3.05) is 25.9 Å². The number of nitrogens with two attached hydrogens (primary N) is 1. The number of rotatable bonds is 5. The molecule has 0 radical (unpaired) electrons. The number of nitrogens with zero attached hydrogens (tertiary/aromatic N) is 1. The van der Waals surface area contributed by atoms with E-state index < -0.39 is 16.0 Å². The highest BCUT2D eigenvalue weighted by Crippen LogP contribution is 1.84. The zero-order valence-electron chi connectivity index (χ0n) is 6.73. The van der Waals surface area contributed by atoms with E-state index in [2.05, 4.69) is 0 Å². The van der Waals surface area contributed by atoms with Crippen LogP contribution in [-0.2, 0) is 14.8 Å². The summed E-state index contributed by atoms with van der Waals surface area (Å²) in [6.07, 6.45) is 0. The fourth-order valence-electron chi connectivity index (χ4n) is 0.593. The van der Waals surface area contributed by atoms with Gasteiger partial charge in [-0.25, -0.2) is 13.6 Å². The molecule has 0 rings (SSSR count). The predicted molar refractivity (Wildman–Crippen MR) is 43.1 cm³/mol. The molecular formula is C5H12N2O4S. The second kappa shape index (κ2) is 4.39. The van der Waals surface area contributed by atoms with Gasteiger partial charge in [-0.2, -0.15) is 0 Å². The summed E-state index contributed by atoms with van der Waals surface area (Å²) in [5.41, 5.74) is 0. The maximum atomic E-state index is 10.4. The Balaban J connectivity index is 3.72. The lowest BCUT2D eigenvalue weighted by Gasteiger charge is -2.11. The lowest BCUT2D eigenvalue weighted by molar-refractivity contribution is -0.137. The Kier molecular flexibility index (Phi) is 4.15. The number of aliphatic carboxylic acids is 1. The maximum absolute atomic E-state index is 10.4. The Morgan fingerprint density at radius 2 is 2.08 bits per heavy atom. The molecule has 0 saturated heterocycles. The molecule has 0 aromatic carbocycles. The summed E-state index contributed by atoms with van der Waals surface area (Å²) in [6.45, 7) is -0.0549. The van der Waals surface area contributed by atoms with Crippen LogP contribution in [0.3, 0.4) is 0 Å². The van der Waals surface area contributed by atoms with Crippen LogP contribution in [-0.4, -0.2) is 50.3 Å². The van der Waals surface area contributed by atoms with Gasteiger partial charge in [-0.1, -0.05) is 0 Å². The van der Waals surface area contributed by atoms with Crippen LogP contribution in [0, 0.1) is 0 Å². The molecule has 0 aliphatic rings. The minimum absolute atomic E-state index is 0.130. The molecule has 0 aliphatic heterocycles. The number of carbonyl (C=O) groups is 1. The summed E-state index contributed by atoms with van der Waals surface area (Å²) in [5.74, 6) is -1.22. The number of hydrogen-bond acceptors (Lipinski definition) is 4. The summed E-state index contributed by atoms with van der Waals surface area (Å²) in [4.78, 5) is 11.5. The van der Waals surface area contributed by atoms with Crippen LogP contribution in [0.15, 0.2) is 0 Å². The van der Waals surface area contributed by atoms with E-state index >= 15 is 0 Å². The smallest absolute Gasteiger partial charge is 0.317 e. The van der Waals surface area contributed by atoms with Crippen molar-refractivity contribution in [1.82, 2.24) is 4.90 Å². The molecule has 0 unspecified atom stereocenters. The normalized spacial score (nSPS) is 11.9. The van der Waals surface area contributed by atoms with Crippen LogP contribution < -0.4 is 5.14 Å². The number of carboxylic acid groups (broad SMARTS) is 1. The molecule has 6 nitrogen and oxygen atoms in total. The van der Waals surface area contributed by atoms with Crippen LogP contribution in [0.2, 0.25) is 0 Å². The standard InChI is InChI=1S/C5H12N2O4S/c1-7(4-5(8)9)2-3-12(6,10)11/h2-4H2,1H3,(H,8,9)(H2,6,10,11). The monoisotopic (exact) mass is 196 g/mol. The molecule has 7 heteroatoms. The molecule has 0 saturated carbocycles. The Morgan fingerprint density at radius 3 is 2.42 bits per heavy atom. The molecule has 0 spiro atoms. The van der Waals surface area contributed by atoms with Crippen molar-refractivity contribution in [3.8, 4) is 0 Å². The van der Waals surface area contributed by atoms with Crippen molar-refractivity contribution in [2.45, 2.75) is 0 Å². The third-order valence-electron chi connectivity index (χ3n) is 1.16. The Labute approximate surface area is 71.0 Å². The predicted octanol–water partition coefficient (Wildman–Crippen LogP) is -1.71. The summed E-state index contributed by atoms with van der Waals surface area (Å²) in [6, 6.07) is 0. The summed E-state index contributed by atoms with van der Waals surface area (Å²) < 4.78 is 20.9. The van der Waals surface area contributed by atoms with Gasteiger partial charge in [0.1, 0.15) is 0 Å². The van der Waals surface area contributed by atoms with E-state index in [-0.39, 0.29) is 18.8 Å². The SMILES string of the molecule is CN(CCS(N)(=O)=O)CC(=O)O. The number of carboxylic acids is 1. The molecule has 0 heterocycles. The van der Waals surface area contributed by atoms with Gasteiger partial charge < -0.3 is 5.11 Å².